The molecule has 0 spiro atoms. The molecule has 1 saturated carbocycles. The smallest absolute Gasteiger partial charge is 0.251 e. The van der Waals surface area contributed by atoms with Crippen molar-refractivity contribution in [2.75, 3.05) is 18.4 Å². The van der Waals surface area contributed by atoms with Gasteiger partial charge >= 0.3 is 0 Å². The number of rotatable bonds is 11. The Morgan fingerprint density at radius 2 is 1.67 bits per heavy atom. The van der Waals surface area contributed by atoms with E-state index in [9.17, 15) is 19.2 Å². The minimum absolute atomic E-state index is 0. The minimum atomic E-state index is -0.812. The van der Waals surface area contributed by atoms with Crippen molar-refractivity contribution in [3.05, 3.63) is 83.4 Å². The lowest BCUT2D eigenvalue weighted by atomic mass is 9.81. The first-order chi connectivity index (χ1) is 24.2. The van der Waals surface area contributed by atoms with Gasteiger partial charge in [0.05, 0.1) is 0 Å². The fourth-order valence-electron chi connectivity index (χ4n) is 6.68. The van der Waals surface area contributed by atoms with Crippen molar-refractivity contribution < 1.29 is 19.2 Å². The Bertz CT molecular complexity index is 1810. The van der Waals surface area contributed by atoms with E-state index in [-0.39, 0.29) is 60.8 Å². The second-order valence-corrected chi connectivity index (χ2v) is 13.3. The molecule has 1 saturated heterocycles. The highest BCUT2D eigenvalue weighted by Gasteiger charge is 2.29. The zero-order chi connectivity index (χ0) is 35.0. The van der Waals surface area contributed by atoms with Crippen LogP contribution in [0.5, 0.6) is 0 Å². The molecule has 13 nitrogen and oxygen atoms in total. The van der Waals surface area contributed by atoms with E-state index in [1.165, 1.54) is 0 Å². The van der Waals surface area contributed by atoms with Gasteiger partial charge in [0.1, 0.15) is 6.04 Å². The second-order valence-electron chi connectivity index (χ2n) is 13.3. The number of aromatic amines is 1. The van der Waals surface area contributed by atoms with Crippen LogP contribution >= 0.6 is 12.4 Å². The van der Waals surface area contributed by atoms with E-state index in [0.717, 1.165) is 53.5 Å². The molecule has 0 radical (unpaired) electrons. The van der Waals surface area contributed by atoms with Crippen molar-refractivity contribution in [3.8, 4) is 22.5 Å². The number of piperidine rings is 1. The molecule has 1 aromatic heterocycles. The molecule has 0 bridgehead atoms. The van der Waals surface area contributed by atoms with E-state index in [1.807, 2.05) is 43.3 Å². The van der Waals surface area contributed by atoms with Crippen LogP contribution < -0.4 is 27.0 Å². The third-order valence-corrected chi connectivity index (χ3v) is 9.73. The van der Waals surface area contributed by atoms with Gasteiger partial charge in [-0.2, -0.15) is 5.21 Å². The topological polar surface area (TPSA) is 197 Å². The molecule has 2 fully saturated rings. The molecular formula is C37H44ClN9O4. The van der Waals surface area contributed by atoms with Gasteiger partial charge in [0.2, 0.25) is 23.5 Å². The zero-order valence-corrected chi connectivity index (χ0v) is 29.3. The number of hydrogen-bond acceptors (Lipinski definition) is 8. The van der Waals surface area contributed by atoms with Crippen molar-refractivity contribution in [2.24, 2.45) is 17.6 Å². The number of aryl methyl sites for hydroxylation is 1. The van der Waals surface area contributed by atoms with Gasteiger partial charge in [0.15, 0.2) is 0 Å². The molecule has 268 valence electrons. The van der Waals surface area contributed by atoms with Crippen molar-refractivity contribution in [1.29, 1.82) is 0 Å². The molecule has 4 amide bonds. The number of H-pyrrole nitrogens is 1. The molecule has 1 unspecified atom stereocenters. The number of aromatic nitrogens is 4. The van der Waals surface area contributed by atoms with Gasteiger partial charge < -0.3 is 27.0 Å². The second kappa shape index (κ2) is 17.2. The van der Waals surface area contributed by atoms with Gasteiger partial charge in [0.25, 0.3) is 5.91 Å². The van der Waals surface area contributed by atoms with Gasteiger partial charge in [0, 0.05) is 48.2 Å². The molecule has 7 N–H and O–H groups in total. The summed E-state index contributed by atoms with van der Waals surface area (Å²) in [6, 6.07) is 19.5. The number of amides is 4. The Hall–Kier alpha value is -5.14. The van der Waals surface area contributed by atoms with Crippen molar-refractivity contribution in [2.45, 2.75) is 64.0 Å². The van der Waals surface area contributed by atoms with Gasteiger partial charge in [-0.15, -0.1) is 22.6 Å². The number of carbonyl (C=O) groups is 4. The predicted molar refractivity (Wildman–Crippen MR) is 196 cm³/mol. The summed E-state index contributed by atoms with van der Waals surface area (Å²) in [6.07, 6.45) is 4.56. The molecule has 6 rings (SSSR count). The number of nitrogens with two attached hydrogens (primary N) is 1. The molecule has 2 heterocycles. The molecule has 1 aliphatic heterocycles. The molecule has 51 heavy (non-hydrogen) atoms. The maximum Gasteiger partial charge on any atom is 0.251 e. The van der Waals surface area contributed by atoms with Gasteiger partial charge in [-0.25, -0.2) is 0 Å². The van der Waals surface area contributed by atoms with E-state index in [1.54, 1.807) is 30.3 Å². The first-order valence-electron chi connectivity index (χ1n) is 17.2. The predicted octanol–water partition coefficient (Wildman–Crippen LogP) is 3.70. The van der Waals surface area contributed by atoms with E-state index >= 15 is 0 Å². The zero-order valence-electron chi connectivity index (χ0n) is 28.5. The first kappa shape index (κ1) is 37.1. The van der Waals surface area contributed by atoms with Crippen LogP contribution in [-0.2, 0) is 20.8 Å². The lowest BCUT2D eigenvalue weighted by Crippen LogP contribution is -2.48. The summed E-state index contributed by atoms with van der Waals surface area (Å²) < 4.78 is 0. The summed E-state index contributed by atoms with van der Waals surface area (Å²) in [4.78, 5) is 52.0. The van der Waals surface area contributed by atoms with Crippen molar-refractivity contribution in [1.82, 2.24) is 36.6 Å². The van der Waals surface area contributed by atoms with E-state index < -0.39 is 6.04 Å². The Morgan fingerprint density at radius 3 is 2.33 bits per heavy atom. The Morgan fingerprint density at radius 1 is 0.941 bits per heavy atom. The minimum Gasteiger partial charge on any atom is -0.356 e. The highest BCUT2D eigenvalue weighted by molar-refractivity contribution is 5.98. The van der Waals surface area contributed by atoms with Crippen molar-refractivity contribution in [3.63, 3.8) is 0 Å². The van der Waals surface area contributed by atoms with Gasteiger partial charge in [-0.1, -0.05) is 30.3 Å². The number of carbonyl (C=O) groups excluding carboxylic acids is 4. The number of nitrogens with zero attached hydrogens (tertiary/aromatic N) is 3. The normalized spacial score (nSPS) is 19.2. The van der Waals surface area contributed by atoms with Crippen LogP contribution in [0.2, 0.25) is 0 Å². The summed E-state index contributed by atoms with van der Waals surface area (Å²) in [6.45, 7) is 3.16. The lowest BCUT2D eigenvalue weighted by molar-refractivity contribution is -0.130. The van der Waals surface area contributed by atoms with E-state index in [2.05, 4.69) is 41.9 Å². The maximum atomic E-state index is 13.7. The quantitative estimate of drug-likeness (QED) is 0.135. The molecule has 4 aromatic rings. The largest absolute Gasteiger partial charge is 0.356 e. The van der Waals surface area contributed by atoms with Crippen LogP contribution in [0.3, 0.4) is 0 Å². The van der Waals surface area contributed by atoms with Gasteiger partial charge in [-0.3, -0.25) is 19.2 Å². The summed E-state index contributed by atoms with van der Waals surface area (Å²) in [5.41, 5.74) is 11.4. The van der Waals surface area contributed by atoms with Gasteiger partial charge in [-0.05, 0) is 115 Å². The first-order valence-corrected chi connectivity index (χ1v) is 17.2. The highest BCUT2D eigenvalue weighted by Crippen LogP contribution is 2.29. The van der Waals surface area contributed by atoms with Crippen LogP contribution in [0.4, 0.5) is 5.69 Å². The molecule has 1 aliphatic carbocycles. The SMILES string of the molecule is Cc1ccc(C(=O)NC2CCNC(=O)C2)cc1-c1ccc(C[C@H](NC(=O)C2CCC(CN)CC2)C(=O)Nc2ccc(-c3nn[nH]n3)cc2)cc1.Cl. The monoisotopic (exact) mass is 713 g/mol. The maximum absolute atomic E-state index is 13.7. The third-order valence-electron chi connectivity index (χ3n) is 9.73. The summed E-state index contributed by atoms with van der Waals surface area (Å²) in [5, 5.41) is 25.8. The van der Waals surface area contributed by atoms with Crippen LogP contribution in [0.25, 0.3) is 22.5 Å². The molecular weight excluding hydrogens is 670 g/mol. The number of benzene rings is 3. The fraction of sp³-hybridized carbons (Fsp3) is 0.378. The average Bonchev–Trinajstić information content (AvgIpc) is 3.68. The summed E-state index contributed by atoms with van der Waals surface area (Å²) >= 11 is 0. The number of tetrazole rings is 1. The van der Waals surface area contributed by atoms with Crippen LogP contribution in [0.1, 0.15) is 60.0 Å². The Kier molecular flexibility index (Phi) is 12.5. The standard InChI is InChI=1S/C37H43N9O4.ClH/c1-22-2-7-28(36(49)41-30-16-17-39-33(47)20-30)19-31(22)25-8-3-23(4-9-25)18-32(42-35(48)27-10-5-24(21-38)6-11-27)37(50)40-29-14-12-26(13-15-29)34-43-45-46-44-34;/h2-4,7-9,12-15,19,24,27,30,32H,5-6,10-11,16-18,20-21,38H2,1H3,(H,39,47)(H,40,50)(H,41,49)(H,42,48)(H,43,44,45,46);1H/t24?,27?,30?,32-;/m0./s1. The number of hydrogen-bond donors (Lipinski definition) is 6. The lowest BCUT2D eigenvalue weighted by Gasteiger charge is -2.28. The average molecular weight is 714 g/mol. The highest BCUT2D eigenvalue weighted by atomic mass is 35.5. The van der Waals surface area contributed by atoms with E-state index in [4.69, 9.17) is 5.73 Å². The van der Waals surface area contributed by atoms with Crippen LogP contribution in [0, 0.1) is 18.8 Å². The number of anilines is 1. The molecule has 2 aliphatic rings. The Balaban J connectivity index is 0.00000504. The fourth-order valence-corrected chi connectivity index (χ4v) is 6.68. The molecule has 2 atom stereocenters. The van der Waals surface area contributed by atoms with Crippen LogP contribution in [0.15, 0.2) is 66.7 Å². The van der Waals surface area contributed by atoms with Crippen LogP contribution in [-0.4, -0.2) is 69.4 Å². The summed E-state index contributed by atoms with van der Waals surface area (Å²) in [7, 11) is 0. The Labute approximate surface area is 302 Å². The van der Waals surface area contributed by atoms with Crippen molar-refractivity contribution >= 4 is 41.7 Å². The molecule has 3 aromatic carbocycles. The third kappa shape index (κ3) is 9.56. The van der Waals surface area contributed by atoms with E-state index in [0.29, 0.717) is 42.5 Å². The number of nitrogens with one attached hydrogen (secondary N) is 5. The molecule has 14 heteroatoms. The summed E-state index contributed by atoms with van der Waals surface area (Å²) in [5.74, 6) is 0.00259. The number of halogens is 1.